The molecule has 1 amide bonds. The van der Waals surface area contributed by atoms with Crippen molar-refractivity contribution in [2.45, 2.75) is 26.7 Å². The SMILES string of the molecule is COc1ccc(-c2cc(C(=O)Nc3c(C)cccc3C(C)C)[nH]n2)cc1. The molecule has 0 fully saturated rings. The summed E-state index contributed by atoms with van der Waals surface area (Å²) in [6.45, 7) is 6.22. The summed E-state index contributed by atoms with van der Waals surface area (Å²) in [6.07, 6.45) is 0. The Kier molecular flexibility index (Phi) is 5.07. The molecule has 1 heterocycles. The number of ether oxygens (including phenoxy) is 1. The first-order valence-electron chi connectivity index (χ1n) is 8.60. The average Bonchev–Trinajstić information content (AvgIpc) is 3.13. The van der Waals surface area contributed by atoms with Gasteiger partial charge in [-0.05, 0) is 54.3 Å². The second-order valence-corrected chi connectivity index (χ2v) is 6.54. The van der Waals surface area contributed by atoms with E-state index in [0.29, 0.717) is 17.3 Å². The lowest BCUT2D eigenvalue weighted by atomic mass is 9.98. The second kappa shape index (κ2) is 7.44. The van der Waals surface area contributed by atoms with Crippen LogP contribution in [0.5, 0.6) is 5.75 Å². The highest BCUT2D eigenvalue weighted by molar-refractivity contribution is 6.04. The molecule has 134 valence electrons. The second-order valence-electron chi connectivity index (χ2n) is 6.54. The molecule has 0 radical (unpaired) electrons. The molecule has 3 rings (SSSR count). The Morgan fingerprint density at radius 1 is 1.15 bits per heavy atom. The maximum absolute atomic E-state index is 12.7. The van der Waals surface area contributed by atoms with Crippen molar-refractivity contribution in [3.63, 3.8) is 0 Å². The molecule has 5 heteroatoms. The molecule has 5 nitrogen and oxygen atoms in total. The summed E-state index contributed by atoms with van der Waals surface area (Å²) < 4.78 is 5.16. The van der Waals surface area contributed by atoms with Crippen molar-refractivity contribution in [1.82, 2.24) is 10.2 Å². The van der Waals surface area contributed by atoms with E-state index in [2.05, 4.69) is 29.4 Å². The van der Waals surface area contributed by atoms with Gasteiger partial charge in [0.25, 0.3) is 5.91 Å². The molecule has 3 aromatic rings. The first kappa shape index (κ1) is 17.7. The maximum atomic E-state index is 12.7. The monoisotopic (exact) mass is 349 g/mol. The molecule has 0 saturated heterocycles. The molecular formula is C21H23N3O2. The van der Waals surface area contributed by atoms with Crippen molar-refractivity contribution >= 4 is 11.6 Å². The third kappa shape index (κ3) is 3.61. The van der Waals surface area contributed by atoms with Crippen molar-refractivity contribution in [3.8, 4) is 17.0 Å². The van der Waals surface area contributed by atoms with Gasteiger partial charge in [-0.1, -0.05) is 32.0 Å². The topological polar surface area (TPSA) is 67.0 Å². The number of aryl methyl sites for hydroxylation is 1. The zero-order chi connectivity index (χ0) is 18.7. The van der Waals surface area contributed by atoms with Gasteiger partial charge in [0.2, 0.25) is 0 Å². The number of methoxy groups -OCH3 is 1. The minimum atomic E-state index is -0.200. The van der Waals surface area contributed by atoms with E-state index in [9.17, 15) is 4.79 Å². The lowest BCUT2D eigenvalue weighted by molar-refractivity contribution is 0.102. The molecule has 0 saturated carbocycles. The normalized spacial score (nSPS) is 10.8. The van der Waals surface area contributed by atoms with Gasteiger partial charge in [-0.2, -0.15) is 5.10 Å². The van der Waals surface area contributed by atoms with Crippen LogP contribution in [0.3, 0.4) is 0 Å². The quantitative estimate of drug-likeness (QED) is 0.697. The highest BCUT2D eigenvalue weighted by Gasteiger charge is 2.15. The number of rotatable bonds is 5. The predicted octanol–water partition coefficient (Wildman–Crippen LogP) is 4.77. The van der Waals surface area contributed by atoms with E-state index in [-0.39, 0.29) is 5.91 Å². The van der Waals surface area contributed by atoms with Crippen LogP contribution in [0.4, 0.5) is 5.69 Å². The molecule has 1 aromatic heterocycles. The Morgan fingerprint density at radius 3 is 2.54 bits per heavy atom. The number of anilines is 1. The Labute approximate surface area is 153 Å². The van der Waals surface area contributed by atoms with Crippen LogP contribution in [-0.2, 0) is 0 Å². The summed E-state index contributed by atoms with van der Waals surface area (Å²) in [7, 11) is 1.63. The van der Waals surface area contributed by atoms with Crippen molar-refractivity contribution in [3.05, 3.63) is 65.4 Å². The smallest absolute Gasteiger partial charge is 0.273 e. The van der Waals surface area contributed by atoms with Crippen LogP contribution in [0.25, 0.3) is 11.3 Å². The Hall–Kier alpha value is -3.08. The number of nitrogens with zero attached hydrogens (tertiary/aromatic N) is 1. The van der Waals surface area contributed by atoms with E-state index in [4.69, 9.17) is 4.74 Å². The molecule has 0 aliphatic rings. The number of aromatic nitrogens is 2. The van der Waals surface area contributed by atoms with Crippen LogP contribution in [0.15, 0.2) is 48.5 Å². The van der Waals surface area contributed by atoms with E-state index in [1.54, 1.807) is 13.2 Å². The molecule has 0 unspecified atom stereocenters. The first-order chi connectivity index (χ1) is 12.5. The molecule has 2 aromatic carbocycles. The van der Waals surface area contributed by atoms with Crippen molar-refractivity contribution in [1.29, 1.82) is 0 Å². The number of carbonyl (C=O) groups is 1. The number of aromatic amines is 1. The molecule has 0 atom stereocenters. The van der Waals surface area contributed by atoms with Gasteiger partial charge in [0.1, 0.15) is 11.4 Å². The van der Waals surface area contributed by atoms with E-state index in [1.807, 2.05) is 49.4 Å². The van der Waals surface area contributed by atoms with Crippen molar-refractivity contribution in [2.24, 2.45) is 0 Å². The number of amides is 1. The van der Waals surface area contributed by atoms with E-state index in [0.717, 1.165) is 28.1 Å². The fraction of sp³-hybridized carbons (Fsp3) is 0.238. The third-order valence-electron chi connectivity index (χ3n) is 4.37. The third-order valence-corrected chi connectivity index (χ3v) is 4.37. The minimum Gasteiger partial charge on any atom is -0.497 e. The van der Waals surface area contributed by atoms with Crippen molar-refractivity contribution < 1.29 is 9.53 Å². The Morgan fingerprint density at radius 2 is 1.88 bits per heavy atom. The minimum absolute atomic E-state index is 0.200. The van der Waals surface area contributed by atoms with Gasteiger partial charge in [0.15, 0.2) is 0 Å². The van der Waals surface area contributed by atoms with Gasteiger partial charge >= 0.3 is 0 Å². The molecule has 2 N–H and O–H groups in total. The van der Waals surface area contributed by atoms with Gasteiger partial charge in [0.05, 0.1) is 12.8 Å². The van der Waals surface area contributed by atoms with Crippen LogP contribution in [-0.4, -0.2) is 23.2 Å². The highest BCUT2D eigenvalue weighted by atomic mass is 16.5. The van der Waals surface area contributed by atoms with E-state index >= 15 is 0 Å². The maximum Gasteiger partial charge on any atom is 0.273 e. The zero-order valence-electron chi connectivity index (χ0n) is 15.5. The standard InChI is InChI=1S/C21H23N3O2/c1-13(2)17-7-5-6-14(3)20(17)22-21(25)19-12-18(23-24-19)15-8-10-16(26-4)11-9-15/h5-13H,1-4H3,(H,22,25)(H,23,24). The molecule has 0 spiro atoms. The Balaban J connectivity index is 1.83. The Bertz CT molecular complexity index is 911. The highest BCUT2D eigenvalue weighted by Crippen LogP contribution is 2.28. The van der Waals surface area contributed by atoms with E-state index in [1.165, 1.54) is 0 Å². The summed E-state index contributed by atoms with van der Waals surface area (Å²) in [4.78, 5) is 12.7. The summed E-state index contributed by atoms with van der Waals surface area (Å²) in [5, 5.41) is 10.1. The fourth-order valence-corrected chi connectivity index (χ4v) is 2.87. The number of nitrogens with one attached hydrogen (secondary N) is 2. The van der Waals surface area contributed by atoms with Crippen LogP contribution >= 0.6 is 0 Å². The fourth-order valence-electron chi connectivity index (χ4n) is 2.87. The predicted molar refractivity (Wildman–Crippen MR) is 104 cm³/mol. The molecule has 0 aliphatic carbocycles. The number of H-pyrrole nitrogens is 1. The number of hydrogen-bond donors (Lipinski definition) is 2. The molecule has 0 aliphatic heterocycles. The van der Waals surface area contributed by atoms with Crippen LogP contribution < -0.4 is 10.1 Å². The van der Waals surface area contributed by atoms with Gasteiger partial charge in [0, 0.05) is 11.3 Å². The van der Waals surface area contributed by atoms with Gasteiger partial charge in [-0.3, -0.25) is 9.89 Å². The number of carbonyl (C=O) groups excluding carboxylic acids is 1. The lowest BCUT2D eigenvalue weighted by Gasteiger charge is -2.15. The number of hydrogen-bond acceptors (Lipinski definition) is 3. The lowest BCUT2D eigenvalue weighted by Crippen LogP contribution is -2.15. The van der Waals surface area contributed by atoms with Gasteiger partial charge in [-0.15, -0.1) is 0 Å². The van der Waals surface area contributed by atoms with E-state index < -0.39 is 0 Å². The van der Waals surface area contributed by atoms with Crippen LogP contribution in [0.1, 0.15) is 41.4 Å². The first-order valence-corrected chi connectivity index (χ1v) is 8.60. The van der Waals surface area contributed by atoms with Crippen LogP contribution in [0.2, 0.25) is 0 Å². The number of para-hydroxylation sites is 1. The van der Waals surface area contributed by atoms with Crippen molar-refractivity contribution in [2.75, 3.05) is 12.4 Å². The van der Waals surface area contributed by atoms with Gasteiger partial charge < -0.3 is 10.1 Å². The largest absolute Gasteiger partial charge is 0.497 e. The summed E-state index contributed by atoms with van der Waals surface area (Å²) in [5.74, 6) is 0.901. The molecular weight excluding hydrogens is 326 g/mol. The zero-order valence-corrected chi connectivity index (χ0v) is 15.5. The average molecular weight is 349 g/mol. The summed E-state index contributed by atoms with van der Waals surface area (Å²) in [6, 6.07) is 15.4. The van der Waals surface area contributed by atoms with Crippen LogP contribution in [0, 0.1) is 6.92 Å². The molecule has 26 heavy (non-hydrogen) atoms. The number of benzene rings is 2. The molecule has 0 bridgehead atoms. The van der Waals surface area contributed by atoms with Gasteiger partial charge in [-0.25, -0.2) is 0 Å². The summed E-state index contributed by atoms with van der Waals surface area (Å²) in [5.41, 5.74) is 5.08. The summed E-state index contributed by atoms with van der Waals surface area (Å²) >= 11 is 0.